The standard InChI is InChI=1S/C10H8ClN3OS2/c1-17(16,6-12)10-14-13-9(15-10)7-2-4-8(11)5-3-7/h2-5,16H,1H3. The fraction of sp³-hybridized carbons (Fsp3) is 0.100. The van der Waals surface area contributed by atoms with Crippen LogP contribution in [0.15, 0.2) is 33.9 Å². The van der Waals surface area contributed by atoms with E-state index in [0.29, 0.717) is 10.9 Å². The van der Waals surface area contributed by atoms with Crippen molar-refractivity contribution >= 4 is 32.3 Å². The second-order valence-corrected chi connectivity index (χ2v) is 8.26. The molecule has 17 heavy (non-hydrogen) atoms. The number of rotatable bonds is 2. The zero-order valence-corrected chi connectivity index (χ0v) is 11.3. The number of thiocyanates is 1. The monoisotopic (exact) mass is 285 g/mol. The highest BCUT2D eigenvalue weighted by Gasteiger charge is 2.23. The van der Waals surface area contributed by atoms with E-state index in [0.717, 1.165) is 5.56 Å². The Morgan fingerprint density at radius 2 is 2.00 bits per heavy atom. The third-order valence-corrected chi connectivity index (χ3v) is 4.18. The molecule has 0 spiro atoms. The molecular weight excluding hydrogens is 278 g/mol. The van der Waals surface area contributed by atoms with Crippen molar-refractivity contribution in [1.29, 1.82) is 5.26 Å². The van der Waals surface area contributed by atoms with Crippen LogP contribution in [0.3, 0.4) is 0 Å². The quantitative estimate of drug-likeness (QED) is 0.521. The van der Waals surface area contributed by atoms with Gasteiger partial charge in [0.25, 0.3) is 5.22 Å². The molecule has 1 unspecified atom stereocenters. The fourth-order valence-electron chi connectivity index (χ4n) is 1.12. The highest BCUT2D eigenvalue weighted by molar-refractivity contribution is 8.89. The fourth-order valence-corrected chi connectivity index (χ4v) is 1.99. The van der Waals surface area contributed by atoms with E-state index in [2.05, 4.69) is 27.3 Å². The Labute approximate surface area is 110 Å². The molecule has 1 aromatic heterocycles. The summed E-state index contributed by atoms with van der Waals surface area (Å²) < 4.78 is 5.44. The zero-order chi connectivity index (χ0) is 12.5. The molecule has 1 aromatic carbocycles. The lowest BCUT2D eigenvalue weighted by atomic mass is 10.2. The number of thiol groups is 1. The van der Waals surface area contributed by atoms with E-state index in [1.807, 2.05) is 0 Å². The molecule has 0 bridgehead atoms. The molecule has 0 aliphatic rings. The highest BCUT2D eigenvalue weighted by Crippen LogP contribution is 2.55. The second-order valence-electron chi connectivity index (χ2n) is 3.35. The molecule has 0 saturated heterocycles. The molecule has 0 fully saturated rings. The largest absolute Gasteiger partial charge is 0.411 e. The molecule has 0 amide bonds. The van der Waals surface area contributed by atoms with E-state index in [1.165, 1.54) is 0 Å². The van der Waals surface area contributed by atoms with Gasteiger partial charge < -0.3 is 4.42 Å². The van der Waals surface area contributed by atoms with Crippen molar-refractivity contribution in [3.8, 4) is 16.9 Å². The Balaban J connectivity index is 2.37. The van der Waals surface area contributed by atoms with Gasteiger partial charge in [0.05, 0.1) is 0 Å². The SMILES string of the molecule is CS(S)(C#N)c1nnc(-c2ccc(Cl)cc2)o1. The van der Waals surface area contributed by atoms with Crippen molar-refractivity contribution < 1.29 is 4.42 Å². The van der Waals surface area contributed by atoms with Crippen LogP contribution < -0.4 is 0 Å². The van der Waals surface area contributed by atoms with E-state index in [-0.39, 0.29) is 5.22 Å². The molecule has 88 valence electrons. The van der Waals surface area contributed by atoms with Crippen molar-refractivity contribution in [2.24, 2.45) is 0 Å². The van der Waals surface area contributed by atoms with Gasteiger partial charge in [-0.1, -0.05) is 11.6 Å². The average Bonchev–Trinajstić information content (AvgIpc) is 2.80. The minimum atomic E-state index is -1.96. The summed E-state index contributed by atoms with van der Waals surface area (Å²) in [6.45, 7) is 0. The Morgan fingerprint density at radius 3 is 2.59 bits per heavy atom. The number of halogens is 1. The first-order valence-corrected chi connectivity index (χ1v) is 8.01. The van der Waals surface area contributed by atoms with Gasteiger partial charge in [-0.2, -0.15) is 5.26 Å². The maximum atomic E-state index is 8.93. The van der Waals surface area contributed by atoms with E-state index in [4.69, 9.17) is 21.3 Å². The molecule has 0 radical (unpaired) electrons. The van der Waals surface area contributed by atoms with E-state index in [9.17, 15) is 0 Å². The average molecular weight is 286 g/mol. The summed E-state index contributed by atoms with van der Waals surface area (Å²) in [6, 6.07) is 7.02. The van der Waals surface area contributed by atoms with Crippen molar-refractivity contribution in [2.45, 2.75) is 5.22 Å². The number of hydrogen-bond acceptors (Lipinski definition) is 5. The van der Waals surface area contributed by atoms with E-state index in [1.54, 1.807) is 30.5 Å². The smallest absolute Gasteiger partial charge is 0.280 e. The molecule has 0 aliphatic carbocycles. The number of hydrogen-bond donors (Lipinski definition) is 1. The second kappa shape index (κ2) is 4.61. The van der Waals surface area contributed by atoms with Gasteiger partial charge in [0, 0.05) is 10.6 Å². The van der Waals surface area contributed by atoms with E-state index >= 15 is 0 Å². The first kappa shape index (κ1) is 12.3. The lowest BCUT2D eigenvalue weighted by molar-refractivity contribution is 0.464. The van der Waals surface area contributed by atoms with Crippen molar-refractivity contribution in [2.75, 3.05) is 6.26 Å². The molecular formula is C10H8ClN3OS2. The van der Waals surface area contributed by atoms with Gasteiger partial charge in [-0.25, -0.2) is 0 Å². The van der Waals surface area contributed by atoms with Crippen LogP contribution >= 0.6 is 32.3 Å². The predicted octanol–water partition coefficient (Wildman–Crippen LogP) is 3.51. The van der Waals surface area contributed by atoms with Crippen molar-refractivity contribution in [1.82, 2.24) is 10.2 Å². The van der Waals surface area contributed by atoms with Crippen molar-refractivity contribution in [3.05, 3.63) is 29.3 Å². The van der Waals surface area contributed by atoms with Gasteiger partial charge in [0.15, 0.2) is 0 Å². The Morgan fingerprint density at radius 1 is 1.35 bits per heavy atom. The highest BCUT2D eigenvalue weighted by atomic mass is 35.5. The van der Waals surface area contributed by atoms with Crippen LogP contribution in [-0.4, -0.2) is 16.5 Å². The molecule has 1 atom stereocenters. The zero-order valence-electron chi connectivity index (χ0n) is 8.79. The first-order chi connectivity index (χ1) is 8.03. The topological polar surface area (TPSA) is 62.7 Å². The lowest BCUT2D eigenvalue weighted by Gasteiger charge is -2.12. The van der Waals surface area contributed by atoms with Crippen LogP contribution in [0.4, 0.5) is 0 Å². The molecule has 1 heterocycles. The summed E-state index contributed by atoms with van der Waals surface area (Å²) in [5.74, 6) is 0.361. The maximum Gasteiger partial charge on any atom is 0.280 e. The predicted molar refractivity (Wildman–Crippen MR) is 71.1 cm³/mol. The summed E-state index contributed by atoms with van der Waals surface area (Å²) in [5.41, 5.74) is 0.759. The van der Waals surface area contributed by atoms with Crippen LogP contribution in [-0.2, 0) is 0 Å². The summed E-state index contributed by atoms with van der Waals surface area (Å²) in [4.78, 5) is 0. The van der Waals surface area contributed by atoms with Crippen LogP contribution in [0.5, 0.6) is 0 Å². The summed E-state index contributed by atoms with van der Waals surface area (Å²) in [7, 11) is -1.96. The summed E-state index contributed by atoms with van der Waals surface area (Å²) >= 11 is 10.0. The molecule has 0 saturated carbocycles. The van der Waals surface area contributed by atoms with Crippen LogP contribution in [0.2, 0.25) is 5.02 Å². The van der Waals surface area contributed by atoms with Gasteiger partial charge in [-0.3, -0.25) is 0 Å². The van der Waals surface area contributed by atoms with Gasteiger partial charge in [-0.15, -0.1) is 21.9 Å². The number of benzene rings is 1. The normalized spacial score (nSPS) is 15.9. The third kappa shape index (κ3) is 2.57. The van der Waals surface area contributed by atoms with Crippen LogP contribution in [0.1, 0.15) is 0 Å². The number of nitrogens with zero attached hydrogens (tertiary/aromatic N) is 3. The van der Waals surface area contributed by atoms with E-state index < -0.39 is 9.06 Å². The minimum absolute atomic E-state index is 0.258. The maximum absolute atomic E-state index is 8.93. The first-order valence-electron chi connectivity index (χ1n) is 4.54. The summed E-state index contributed by atoms with van der Waals surface area (Å²) in [6.07, 6.45) is 1.68. The van der Waals surface area contributed by atoms with Gasteiger partial charge >= 0.3 is 0 Å². The van der Waals surface area contributed by atoms with Crippen LogP contribution in [0, 0.1) is 10.7 Å². The molecule has 0 aliphatic heterocycles. The minimum Gasteiger partial charge on any atom is -0.411 e. The molecule has 7 heteroatoms. The van der Waals surface area contributed by atoms with Gasteiger partial charge in [-0.05, 0) is 39.6 Å². The van der Waals surface area contributed by atoms with Crippen molar-refractivity contribution in [3.63, 3.8) is 0 Å². The van der Waals surface area contributed by atoms with Crippen LogP contribution in [0.25, 0.3) is 11.5 Å². The van der Waals surface area contributed by atoms with Gasteiger partial charge in [0.1, 0.15) is 5.40 Å². The number of nitriles is 1. The lowest BCUT2D eigenvalue weighted by Crippen LogP contribution is -1.85. The molecule has 0 N–H and O–H groups in total. The third-order valence-electron chi connectivity index (χ3n) is 2.02. The molecule has 2 aromatic rings. The summed E-state index contributed by atoms with van der Waals surface area (Å²) in [5, 5.41) is 19.6. The number of aromatic nitrogens is 2. The Bertz CT molecular complexity index is 574. The Kier molecular flexibility index (Phi) is 3.33. The Hall–Kier alpha value is -1.16. The molecule has 4 nitrogen and oxygen atoms in total. The molecule has 2 rings (SSSR count). The van der Waals surface area contributed by atoms with Gasteiger partial charge in [0.2, 0.25) is 5.89 Å².